The summed E-state index contributed by atoms with van der Waals surface area (Å²) in [5.74, 6) is -1.61. The van der Waals surface area contributed by atoms with E-state index in [-0.39, 0.29) is 35.1 Å². The maximum absolute atomic E-state index is 14.3. The van der Waals surface area contributed by atoms with Gasteiger partial charge in [-0.25, -0.2) is 4.39 Å². The van der Waals surface area contributed by atoms with Crippen molar-refractivity contribution in [2.45, 2.75) is 64.4 Å². The lowest BCUT2D eigenvalue weighted by molar-refractivity contribution is -0.150. The molecular weight excluding hydrogens is 658 g/mol. The van der Waals surface area contributed by atoms with Gasteiger partial charge >= 0.3 is 13.3 Å². The first-order chi connectivity index (χ1) is 21.9. The van der Waals surface area contributed by atoms with Gasteiger partial charge in [0.1, 0.15) is 24.0 Å². The number of fused-ring (bicyclic) bond motifs is 1. The molecule has 0 spiro atoms. The van der Waals surface area contributed by atoms with Crippen LogP contribution in [0, 0.1) is 18.2 Å². The number of likely N-dealkylation sites (tertiary alicyclic amines) is 1. The second-order valence-corrected chi connectivity index (χ2v) is 15.8. The van der Waals surface area contributed by atoms with E-state index in [4.69, 9.17) is 14.5 Å². The Labute approximate surface area is 274 Å². The third-order valence-corrected chi connectivity index (χ3v) is 10.7. The minimum Gasteiger partial charge on any atom is -0.370 e. The zero-order valence-electron chi connectivity index (χ0n) is 26.3. The molecule has 254 valence electrons. The lowest BCUT2D eigenvalue weighted by Gasteiger charge is -2.38. The van der Waals surface area contributed by atoms with Crippen LogP contribution in [0.3, 0.4) is 0 Å². The highest BCUT2D eigenvalue weighted by Crippen LogP contribution is 2.59. The first kappa shape index (κ1) is 35.0. The molecule has 0 saturated carbocycles. The molecule has 0 bridgehead atoms. The van der Waals surface area contributed by atoms with Gasteiger partial charge < -0.3 is 29.6 Å². The first-order valence-corrected chi connectivity index (χ1v) is 17.6. The molecule has 5 rings (SSSR count). The Morgan fingerprint density at radius 1 is 1.09 bits per heavy atom. The lowest BCUT2D eigenvalue weighted by Crippen LogP contribution is -2.58. The van der Waals surface area contributed by atoms with Crippen molar-refractivity contribution >= 4 is 46.7 Å². The third-order valence-electron chi connectivity index (χ3n) is 8.59. The number of carbonyl (C=O) groups excluding carboxylic acids is 3. The number of carbonyl (C=O) groups is 3. The number of ether oxygens (including phenoxy) is 1. The molecule has 3 heterocycles. The van der Waals surface area contributed by atoms with E-state index in [1.165, 1.54) is 23.1 Å². The number of thiophene rings is 1. The van der Waals surface area contributed by atoms with Gasteiger partial charge in [-0.15, -0.1) is 11.3 Å². The normalized spacial score (nSPS) is 20.0. The highest BCUT2D eigenvalue weighted by Gasteiger charge is 2.50. The number of alkyl halides is 2. The van der Waals surface area contributed by atoms with E-state index in [0.717, 1.165) is 29.0 Å². The summed E-state index contributed by atoms with van der Waals surface area (Å²) >= 11 is 0.984. The number of rotatable bonds is 7. The van der Waals surface area contributed by atoms with Crippen LogP contribution in [0.4, 0.5) is 13.2 Å². The van der Waals surface area contributed by atoms with E-state index >= 15 is 0 Å². The van der Waals surface area contributed by atoms with Crippen LogP contribution < -0.4 is 5.32 Å². The van der Waals surface area contributed by atoms with Gasteiger partial charge in [0.2, 0.25) is 11.8 Å². The standard InChI is InChI=1S/C32H37F3N3O7PS/c1-18-14-19(7-9-22(18)33)24-17-37(12-13-45-24)29(40)23-6-5-11-38(23)30(41)27(31(2,3)4)36-28(39)26-16-20-15-21(8-10-25(20)47-26)32(34,35)46(42,43)44/h7-10,14-16,23-24,27H,5-6,11-13,17H2,1-4H3,(H,36,39)(H2,42,43,44)/t23-,24?,27?/m0/s1. The van der Waals surface area contributed by atoms with E-state index < -0.39 is 54.2 Å². The number of amides is 3. The number of benzene rings is 2. The molecule has 2 saturated heterocycles. The molecule has 3 atom stereocenters. The van der Waals surface area contributed by atoms with E-state index in [1.807, 2.05) is 0 Å². The summed E-state index contributed by atoms with van der Waals surface area (Å²) in [4.78, 5) is 62.8. The van der Waals surface area contributed by atoms with Crippen molar-refractivity contribution in [2.24, 2.45) is 5.41 Å². The molecule has 2 aliphatic rings. The van der Waals surface area contributed by atoms with Crippen molar-refractivity contribution in [2.75, 3.05) is 26.2 Å². The maximum Gasteiger partial charge on any atom is 0.399 e. The van der Waals surface area contributed by atoms with Crippen LogP contribution >= 0.6 is 18.9 Å². The summed E-state index contributed by atoms with van der Waals surface area (Å²) in [7, 11) is -5.78. The van der Waals surface area contributed by atoms with Crippen LogP contribution in [0.5, 0.6) is 0 Å². The van der Waals surface area contributed by atoms with Crippen molar-refractivity contribution in [1.29, 1.82) is 0 Å². The van der Waals surface area contributed by atoms with E-state index in [1.54, 1.807) is 44.7 Å². The smallest absolute Gasteiger partial charge is 0.370 e. The van der Waals surface area contributed by atoms with E-state index in [2.05, 4.69) is 5.32 Å². The van der Waals surface area contributed by atoms with Crippen LogP contribution in [0.2, 0.25) is 0 Å². The zero-order chi connectivity index (χ0) is 34.5. The predicted molar refractivity (Wildman–Crippen MR) is 170 cm³/mol. The molecule has 10 nitrogen and oxygen atoms in total. The quantitative estimate of drug-likeness (QED) is 0.285. The summed E-state index contributed by atoms with van der Waals surface area (Å²) in [6.45, 7) is 8.18. The Bertz CT molecular complexity index is 1760. The van der Waals surface area contributed by atoms with Crippen molar-refractivity contribution in [3.63, 3.8) is 0 Å². The fourth-order valence-electron chi connectivity index (χ4n) is 5.94. The molecule has 2 fully saturated rings. The average Bonchev–Trinajstić information content (AvgIpc) is 3.67. The van der Waals surface area contributed by atoms with Gasteiger partial charge in [0, 0.05) is 23.4 Å². The number of nitrogens with one attached hydrogen (secondary N) is 1. The van der Waals surface area contributed by atoms with Crippen molar-refractivity contribution < 1.29 is 46.6 Å². The van der Waals surface area contributed by atoms with Crippen LogP contribution in [0.25, 0.3) is 10.1 Å². The Kier molecular flexibility index (Phi) is 9.66. The minimum absolute atomic E-state index is 0.114. The van der Waals surface area contributed by atoms with Crippen LogP contribution in [-0.4, -0.2) is 75.6 Å². The largest absolute Gasteiger partial charge is 0.399 e. The SMILES string of the molecule is Cc1cc(C2CN(C(=O)[C@@H]3CCCN3C(=O)C(NC(=O)c3cc4cc(C(F)(F)P(=O)(O)O)ccc4s3)C(C)(C)C)CCO2)ccc1F. The van der Waals surface area contributed by atoms with Crippen molar-refractivity contribution in [3.8, 4) is 0 Å². The number of halogens is 3. The Morgan fingerprint density at radius 3 is 2.47 bits per heavy atom. The lowest BCUT2D eigenvalue weighted by atomic mass is 9.85. The summed E-state index contributed by atoms with van der Waals surface area (Å²) < 4.78 is 60.1. The van der Waals surface area contributed by atoms with Crippen LogP contribution in [0.15, 0.2) is 42.5 Å². The van der Waals surface area contributed by atoms with Crippen molar-refractivity contribution in [1.82, 2.24) is 15.1 Å². The van der Waals surface area contributed by atoms with E-state index in [0.29, 0.717) is 36.2 Å². The van der Waals surface area contributed by atoms with Gasteiger partial charge in [0.05, 0.1) is 18.0 Å². The van der Waals surface area contributed by atoms with Gasteiger partial charge in [-0.3, -0.25) is 18.9 Å². The number of nitrogens with zero attached hydrogens (tertiary/aromatic N) is 2. The summed E-state index contributed by atoms with van der Waals surface area (Å²) in [6.07, 6.45) is 0.598. The van der Waals surface area contributed by atoms with Crippen LogP contribution in [0.1, 0.15) is 66.1 Å². The maximum atomic E-state index is 14.3. The molecule has 2 aliphatic heterocycles. The van der Waals surface area contributed by atoms with Crippen molar-refractivity contribution in [3.05, 3.63) is 69.8 Å². The second-order valence-electron chi connectivity index (χ2n) is 13.1. The zero-order valence-corrected chi connectivity index (χ0v) is 28.0. The minimum atomic E-state index is -5.78. The first-order valence-electron chi connectivity index (χ1n) is 15.1. The summed E-state index contributed by atoms with van der Waals surface area (Å²) in [5, 5.41) is 2.98. The fourth-order valence-corrected chi connectivity index (χ4v) is 7.37. The highest BCUT2D eigenvalue weighted by molar-refractivity contribution is 7.52. The number of hydrogen-bond donors (Lipinski definition) is 3. The summed E-state index contributed by atoms with van der Waals surface area (Å²) in [5.41, 5.74) is -4.83. The Morgan fingerprint density at radius 2 is 1.81 bits per heavy atom. The fraction of sp³-hybridized carbons (Fsp3) is 0.469. The molecule has 0 aliphatic carbocycles. The summed E-state index contributed by atoms with van der Waals surface area (Å²) in [6, 6.07) is 7.35. The van der Waals surface area contributed by atoms with Gasteiger partial charge in [0.25, 0.3) is 5.91 Å². The van der Waals surface area contributed by atoms with Gasteiger partial charge in [-0.05, 0) is 66.0 Å². The Balaban J connectivity index is 1.32. The van der Waals surface area contributed by atoms with Gasteiger partial charge in [-0.2, -0.15) is 8.78 Å². The predicted octanol–water partition coefficient (Wildman–Crippen LogP) is 5.31. The second kappa shape index (κ2) is 13.0. The third kappa shape index (κ3) is 7.12. The molecule has 2 unspecified atom stereocenters. The number of hydrogen-bond acceptors (Lipinski definition) is 6. The molecule has 15 heteroatoms. The van der Waals surface area contributed by atoms with Crippen LogP contribution in [-0.2, 0) is 24.6 Å². The van der Waals surface area contributed by atoms with Gasteiger partial charge in [-0.1, -0.05) is 39.0 Å². The molecular formula is C32H37F3N3O7PS. The number of morpholine rings is 1. The number of aryl methyl sites for hydroxylation is 1. The highest BCUT2D eigenvalue weighted by atomic mass is 32.1. The van der Waals surface area contributed by atoms with E-state index in [9.17, 15) is 32.1 Å². The average molecular weight is 696 g/mol. The molecule has 0 radical (unpaired) electrons. The molecule has 47 heavy (non-hydrogen) atoms. The monoisotopic (exact) mass is 695 g/mol. The molecule has 2 aromatic carbocycles. The molecule has 1 aromatic heterocycles. The van der Waals surface area contributed by atoms with Gasteiger partial charge in [0.15, 0.2) is 0 Å². The molecule has 3 amide bonds. The Hall–Kier alpha value is -3.29. The molecule has 3 N–H and O–H groups in total. The molecule has 3 aromatic rings. The topological polar surface area (TPSA) is 136 Å².